The molecule has 0 radical (unpaired) electrons. The minimum atomic E-state index is -0.154. The molecule has 0 aromatic heterocycles. The summed E-state index contributed by atoms with van der Waals surface area (Å²) in [6.45, 7) is 5.28. The van der Waals surface area contributed by atoms with Crippen molar-refractivity contribution >= 4 is 5.97 Å². The summed E-state index contributed by atoms with van der Waals surface area (Å²) in [5.74, 6) is -0.154. The molecule has 0 aliphatic heterocycles. The van der Waals surface area contributed by atoms with Crippen molar-refractivity contribution in [2.24, 2.45) is 5.41 Å². The Bertz CT molecular complexity index is 249. The van der Waals surface area contributed by atoms with Gasteiger partial charge in [0.05, 0.1) is 13.0 Å². The van der Waals surface area contributed by atoms with Crippen molar-refractivity contribution in [2.45, 2.75) is 58.4 Å². The third-order valence-electron chi connectivity index (χ3n) is 3.85. The van der Waals surface area contributed by atoms with Gasteiger partial charge in [0.1, 0.15) is 0 Å². The first-order chi connectivity index (χ1) is 8.62. The highest BCUT2D eigenvalue weighted by atomic mass is 16.5. The van der Waals surface area contributed by atoms with Crippen molar-refractivity contribution in [3.63, 3.8) is 0 Å². The summed E-state index contributed by atoms with van der Waals surface area (Å²) in [5, 5.41) is 13.0. The summed E-state index contributed by atoms with van der Waals surface area (Å²) in [4.78, 5) is 11.3. The van der Waals surface area contributed by atoms with E-state index in [1.165, 1.54) is 19.3 Å². The van der Waals surface area contributed by atoms with Gasteiger partial charge >= 0.3 is 5.97 Å². The number of hydrogen-bond donors (Lipinski definition) is 2. The van der Waals surface area contributed by atoms with E-state index in [4.69, 9.17) is 4.74 Å². The lowest BCUT2D eigenvalue weighted by Crippen LogP contribution is -2.42. The van der Waals surface area contributed by atoms with Crippen LogP contribution in [-0.2, 0) is 9.53 Å². The molecule has 1 unspecified atom stereocenters. The SMILES string of the molecule is CCOC(=O)CC(C)NCC1(CO)CCCCC1. The highest BCUT2D eigenvalue weighted by molar-refractivity contribution is 5.69. The van der Waals surface area contributed by atoms with E-state index in [1.807, 2.05) is 13.8 Å². The molecule has 0 heterocycles. The van der Waals surface area contributed by atoms with E-state index in [2.05, 4.69) is 5.32 Å². The lowest BCUT2D eigenvalue weighted by molar-refractivity contribution is -0.143. The Morgan fingerprint density at radius 1 is 1.39 bits per heavy atom. The summed E-state index contributed by atoms with van der Waals surface area (Å²) in [6, 6.07) is 0.106. The van der Waals surface area contributed by atoms with Crippen LogP contribution in [0.25, 0.3) is 0 Å². The van der Waals surface area contributed by atoms with Crippen LogP contribution in [0, 0.1) is 5.41 Å². The fourth-order valence-corrected chi connectivity index (χ4v) is 2.63. The molecule has 1 aliphatic carbocycles. The number of nitrogens with one attached hydrogen (secondary N) is 1. The molecule has 1 aliphatic rings. The molecule has 1 atom stereocenters. The fourth-order valence-electron chi connectivity index (χ4n) is 2.63. The zero-order valence-electron chi connectivity index (χ0n) is 11.7. The maximum absolute atomic E-state index is 11.3. The van der Waals surface area contributed by atoms with Crippen LogP contribution in [0.1, 0.15) is 52.4 Å². The monoisotopic (exact) mass is 257 g/mol. The summed E-state index contributed by atoms with van der Waals surface area (Å²) in [7, 11) is 0. The molecule has 0 aromatic rings. The smallest absolute Gasteiger partial charge is 0.307 e. The maximum Gasteiger partial charge on any atom is 0.307 e. The first-order valence-electron chi connectivity index (χ1n) is 7.12. The van der Waals surface area contributed by atoms with Gasteiger partial charge in [-0.1, -0.05) is 19.3 Å². The summed E-state index contributed by atoms with van der Waals surface area (Å²) in [5.41, 5.74) is 0.0289. The van der Waals surface area contributed by atoms with Crippen molar-refractivity contribution in [2.75, 3.05) is 19.8 Å². The molecule has 0 bridgehead atoms. The Hall–Kier alpha value is -0.610. The average molecular weight is 257 g/mol. The third kappa shape index (κ3) is 4.94. The Morgan fingerprint density at radius 2 is 2.06 bits per heavy atom. The van der Waals surface area contributed by atoms with Gasteiger partial charge in [0, 0.05) is 24.6 Å². The Kier molecular flexibility index (Phi) is 6.65. The topological polar surface area (TPSA) is 58.6 Å². The lowest BCUT2D eigenvalue weighted by Gasteiger charge is -2.36. The van der Waals surface area contributed by atoms with E-state index < -0.39 is 0 Å². The molecule has 0 spiro atoms. The normalized spacial score (nSPS) is 20.4. The molecule has 18 heavy (non-hydrogen) atoms. The minimum absolute atomic E-state index is 0.0289. The predicted molar refractivity (Wildman–Crippen MR) is 71.3 cm³/mol. The fraction of sp³-hybridized carbons (Fsp3) is 0.929. The van der Waals surface area contributed by atoms with Crippen LogP contribution in [-0.4, -0.2) is 36.9 Å². The summed E-state index contributed by atoms with van der Waals surface area (Å²) in [6.07, 6.45) is 6.25. The quantitative estimate of drug-likeness (QED) is 0.684. The molecule has 4 heteroatoms. The van der Waals surface area contributed by atoms with Gasteiger partial charge in [0.2, 0.25) is 0 Å². The Labute approximate surface area is 110 Å². The van der Waals surface area contributed by atoms with Crippen LogP contribution in [0.15, 0.2) is 0 Å². The highest BCUT2D eigenvalue weighted by Crippen LogP contribution is 2.35. The highest BCUT2D eigenvalue weighted by Gasteiger charge is 2.31. The van der Waals surface area contributed by atoms with Gasteiger partial charge in [0.15, 0.2) is 0 Å². The van der Waals surface area contributed by atoms with E-state index >= 15 is 0 Å². The lowest BCUT2D eigenvalue weighted by atomic mass is 9.74. The number of hydrogen-bond acceptors (Lipinski definition) is 4. The molecule has 0 amide bonds. The second-order valence-corrected chi connectivity index (χ2v) is 5.51. The molecular weight excluding hydrogens is 230 g/mol. The molecule has 4 nitrogen and oxygen atoms in total. The molecule has 2 N–H and O–H groups in total. The molecule has 1 saturated carbocycles. The van der Waals surface area contributed by atoms with Gasteiger partial charge in [-0.05, 0) is 26.7 Å². The molecule has 0 aromatic carbocycles. The zero-order chi connectivity index (χ0) is 13.4. The Morgan fingerprint density at radius 3 is 2.61 bits per heavy atom. The second kappa shape index (κ2) is 7.74. The number of aliphatic hydroxyl groups excluding tert-OH is 1. The minimum Gasteiger partial charge on any atom is -0.466 e. The van der Waals surface area contributed by atoms with E-state index in [-0.39, 0.29) is 24.0 Å². The van der Waals surface area contributed by atoms with Crippen LogP contribution in [0.3, 0.4) is 0 Å². The Balaban J connectivity index is 2.31. The molecular formula is C14H27NO3. The van der Waals surface area contributed by atoms with Crippen molar-refractivity contribution in [3.8, 4) is 0 Å². The number of aliphatic hydroxyl groups is 1. The van der Waals surface area contributed by atoms with Gasteiger partial charge in [-0.3, -0.25) is 4.79 Å². The summed E-state index contributed by atoms with van der Waals surface area (Å²) >= 11 is 0. The van der Waals surface area contributed by atoms with Gasteiger partial charge in [0.25, 0.3) is 0 Å². The van der Waals surface area contributed by atoms with Gasteiger partial charge in [-0.2, -0.15) is 0 Å². The van der Waals surface area contributed by atoms with Crippen molar-refractivity contribution in [1.82, 2.24) is 5.32 Å². The molecule has 106 valence electrons. The first-order valence-corrected chi connectivity index (χ1v) is 7.12. The average Bonchev–Trinajstić information content (AvgIpc) is 2.38. The number of carbonyl (C=O) groups is 1. The maximum atomic E-state index is 11.3. The largest absolute Gasteiger partial charge is 0.466 e. The number of esters is 1. The number of carbonyl (C=O) groups excluding carboxylic acids is 1. The number of ether oxygens (including phenoxy) is 1. The van der Waals surface area contributed by atoms with E-state index in [1.54, 1.807) is 0 Å². The van der Waals surface area contributed by atoms with Crippen LogP contribution in [0.4, 0.5) is 0 Å². The predicted octanol–water partition coefficient (Wildman–Crippen LogP) is 1.86. The number of rotatable bonds is 7. The van der Waals surface area contributed by atoms with Crippen LogP contribution < -0.4 is 5.32 Å². The van der Waals surface area contributed by atoms with Crippen molar-refractivity contribution in [1.29, 1.82) is 0 Å². The molecule has 1 rings (SSSR count). The van der Waals surface area contributed by atoms with Crippen molar-refractivity contribution in [3.05, 3.63) is 0 Å². The second-order valence-electron chi connectivity index (χ2n) is 5.51. The van der Waals surface area contributed by atoms with E-state index in [0.717, 1.165) is 19.4 Å². The van der Waals surface area contributed by atoms with Crippen LogP contribution in [0.2, 0.25) is 0 Å². The first kappa shape index (κ1) is 15.4. The van der Waals surface area contributed by atoms with Crippen LogP contribution in [0.5, 0.6) is 0 Å². The summed E-state index contributed by atoms with van der Waals surface area (Å²) < 4.78 is 4.93. The van der Waals surface area contributed by atoms with E-state index in [9.17, 15) is 9.90 Å². The van der Waals surface area contributed by atoms with Crippen molar-refractivity contribution < 1.29 is 14.6 Å². The zero-order valence-corrected chi connectivity index (χ0v) is 11.7. The van der Waals surface area contributed by atoms with Gasteiger partial charge < -0.3 is 15.2 Å². The van der Waals surface area contributed by atoms with E-state index in [0.29, 0.717) is 13.0 Å². The molecule has 0 saturated heterocycles. The molecule has 1 fully saturated rings. The standard InChI is InChI=1S/C14H27NO3/c1-3-18-13(17)9-12(2)15-10-14(11-16)7-5-4-6-8-14/h12,15-16H,3-11H2,1-2H3. The van der Waals surface area contributed by atoms with Gasteiger partial charge in [-0.25, -0.2) is 0 Å². The van der Waals surface area contributed by atoms with Crippen LogP contribution >= 0.6 is 0 Å². The third-order valence-corrected chi connectivity index (χ3v) is 3.85. The van der Waals surface area contributed by atoms with Gasteiger partial charge in [-0.15, -0.1) is 0 Å².